The van der Waals surface area contributed by atoms with E-state index in [1.165, 1.54) is 43.5 Å². The van der Waals surface area contributed by atoms with Crippen molar-refractivity contribution >= 4 is 5.71 Å². The second-order valence-electron chi connectivity index (χ2n) is 6.13. The van der Waals surface area contributed by atoms with E-state index < -0.39 is 0 Å². The topological polar surface area (TPSA) is 15.6 Å². The standard InChI is InChI=1S/C19H28N2/c1-16-7-10-18(11-8-16)19(20-3)12-9-17(2)15-21-13-5-4-6-14-21/h7-10,12,18H,2,4-6,11,13-15H2,1,3H3/b12-9-,20-19?. The first kappa shape index (κ1) is 16.0. The summed E-state index contributed by atoms with van der Waals surface area (Å²) in [6.45, 7) is 9.78. The Balaban J connectivity index is 1.86. The van der Waals surface area contributed by atoms with Gasteiger partial charge in [0.05, 0.1) is 0 Å². The number of hydrogen-bond donors (Lipinski definition) is 0. The second kappa shape index (κ2) is 8.14. The molecule has 2 nitrogen and oxygen atoms in total. The zero-order valence-corrected chi connectivity index (χ0v) is 13.5. The van der Waals surface area contributed by atoms with Crippen LogP contribution in [0.15, 0.2) is 53.1 Å². The van der Waals surface area contributed by atoms with Crippen LogP contribution < -0.4 is 0 Å². The fourth-order valence-electron chi connectivity index (χ4n) is 2.97. The normalized spacial score (nSPS) is 24.4. The van der Waals surface area contributed by atoms with E-state index in [9.17, 15) is 0 Å². The van der Waals surface area contributed by atoms with Gasteiger partial charge in [0.25, 0.3) is 0 Å². The molecule has 1 aliphatic heterocycles. The largest absolute Gasteiger partial charge is 0.299 e. The zero-order valence-electron chi connectivity index (χ0n) is 13.5. The molecule has 0 aromatic rings. The third-order valence-corrected chi connectivity index (χ3v) is 4.29. The highest BCUT2D eigenvalue weighted by Gasteiger charge is 2.12. The van der Waals surface area contributed by atoms with Crippen LogP contribution in [0, 0.1) is 5.92 Å². The van der Waals surface area contributed by atoms with Gasteiger partial charge in [0.2, 0.25) is 0 Å². The van der Waals surface area contributed by atoms with Crippen LogP contribution in [0.1, 0.15) is 32.6 Å². The maximum absolute atomic E-state index is 4.45. The Hall–Kier alpha value is -1.41. The summed E-state index contributed by atoms with van der Waals surface area (Å²) in [5.74, 6) is 0.415. The molecule has 0 aromatic carbocycles. The maximum atomic E-state index is 4.45. The van der Waals surface area contributed by atoms with Gasteiger partial charge in [-0.15, -0.1) is 0 Å². The second-order valence-corrected chi connectivity index (χ2v) is 6.13. The summed E-state index contributed by atoms with van der Waals surface area (Å²) in [5.41, 5.74) is 3.68. The number of likely N-dealkylation sites (tertiary alicyclic amines) is 1. The van der Waals surface area contributed by atoms with Crippen LogP contribution in [0.5, 0.6) is 0 Å². The van der Waals surface area contributed by atoms with Crippen molar-refractivity contribution in [1.82, 2.24) is 4.90 Å². The number of piperidine rings is 1. The lowest BCUT2D eigenvalue weighted by molar-refractivity contribution is 0.248. The summed E-state index contributed by atoms with van der Waals surface area (Å²) in [7, 11) is 1.88. The van der Waals surface area contributed by atoms with E-state index in [0.29, 0.717) is 5.92 Å². The highest BCUT2D eigenvalue weighted by atomic mass is 15.1. The first-order chi connectivity index (χ1) is 10.2. The molecule has 114 valence electrons. The van der Waals surface area contributed by atoms with Gasteiger partial charge in [0.1, 0.15) is 0 Å². The van der Waals surface area contributed by atoms with Crippen LogP contribution in [-0.4, -0.2) is 37.3 Å². The van der Waals surface area contributed by atoms with Gasteiger partial charge in [0.15, 0.2) is 0 Å². The number of aliphatic imine (C=N–C) groups is 1. The van der Waals surface area contributed by atoms with Crippen molar-refractivity contribution in [2.75, 3.05) is 26.7 Å². The molecule has 0 radical (unpaired) electrons. The first-order valence-corrected chi connectivity index (χ1v) is 8.09. The molecule has 0 N–H and O–H groups in total. The van der Waals surface area contributed by atoms with Crippen molar-refractivity contribution in [3.05, 3.63) is 48.1 Å². The molecule has 0 aromatic heterocycles. The molecule has 21 heavy (non-hydrogen) atoms. The van der Waals surface area contributed by atoms with Crippen molar-refractivity contribution in [2.24, 2.45) is 10.9 Å². The Morgan fingerprint density at radius 3 is 2.71 bits per heavy atom. The van der Waals surface area contributed by atoms with E-state index in [4.69, 9.17) is 0 Å². The lowest BCUT2D eigenvalue weighted by atomic mass is 9.92. The molecule has 1 atom stereocenters. The number of allylic oxidation sites excluding steroid dienone is 5. The Morgan fingerprint density at radius 1 is 1.33 bits per heavy atom. The molecule has 1 fully saturated rings. The summed E-state index contributed by atoms with van der Waals surface area (Å²) >= 11 is 0. The molecule has 0 bridgehead atoms. The summed E-state index contributed by atoms with van der Waals surface area (Å²) in [5, 5.41) is 0. The number of hydrogen-bond acceptors (Lipinski definition) is 2. The monoisotopic (exact) mass is 284 g/mol. The van der Waals surface area contributed by atoms with Crippen molar-refractivity contribution in [2.45, 2.75) is 32.6 Å². The minimum atomic E-state index is 0.415. The molecule has 1 unspecified atom stereocenters. The third-order valence-electron chi connectivity index (χ3n) is 4.29. The van der Waals surface area contributed by atoms with Crippen molar-refractivity contribution < 1.29 is 0 Å². The molecule has 0 amide bonds. The van der Waals surface area contributed by atoms with E-state index in [0.717, 1.165) is 18.7 Å². The maximum Gasteiger partial charge on any atom is 0.0416 e. The lowest BCUT2D eigenvalue weighted by Gasteiger charge is -2.26. The summed E-state index contributed by atoms with van der Waals surface area (Å²) in [6.07, 6.45) is 16.1. The lowest BCUT2D eigenvalue weighted by Crippen LogP contribution is -2.31. The van der Waals surface area contributed by atoms with E-state index >= 15 is 0 Å². The molecule has 1 saturated heterocycles. The van der Waals surface area contributed by atoms with Crippen LogP contribution in [0.3, 0.4) is 0 Å². The van der Waals surface area contributed by atoms with Crippen LogP contribution in [0.25, 0.3) is 0 Å². The minimum absolute atomic E-state index is 0.415. The van der Waals surface area contributed by atoms with E-state index in [-0.39, 0.29) is 0 Å². The molecule has 0 spiro atoms. The summed E-state index contributed by atoms with van der Waals surface area (Å²) < 4.78 is 0. The Bertz CT molecular complexity index is 474. The van der Waals surface area contributed by atoms with Crippen LogP contribution >= 0.6 is 0 Å². The van der Waals surface area contributed by atoms with Gasteiger partial charge in [0, 0.05) is 25.2 Å². The van der Waals surface area contributed by atoms with Gasteiger partial charge in [-0.2, -0.15) is 0 Å². The molecule has 2 aliphatic rings. The predicted molar refractivity (Wildman–Crippen MR) is 92.9 cm³/mol. The quantitative estimate of drug-likeness (QED) is 0.546. The number of rotatable bonds is 5. The van der Waals surface area contributed by atoms with Crippen LogP contribution in [0.2, 0.25) is 0 Å². The van der Waals surface area contributed by atoms with Gasteiger partial charge in [-0.05, 0) is 50.9 Å². The van der Waals surface area contributed by atoms with E-state index in [1.54, 1.807) is 0 Å². The fraction of sp³-hybridized carbons (Fsp3) is 0.526. The zero-order chi connectivity index (χ0) is 15.1. The van der Waals surface area contributed by atoms with Gasteiger partial charge >= 0.3 is 0 Å². The van der Waals surface area contributed by atoms with Gasteiger partial charge in [-0.3, -0.25) is 9.89 Å². The Labute approximate surface area is 129 Å². The van der Waals surface area contributed by atoms with Gasteiger partial charge < -0.3 is 0 Å². The van der Waals surface area contributed by atoms with Crippen LogP contribution in [0.4, 0.5) is 0 Å². The molecule has 2 heteroatoms. The average molecular weight is 284 g/mol. The van der Waals surface area contributed by atoms with Crippen molar-refractivity contribution in [3.63, 3.8) is 0 Å². The molecular weight excluding hydrogens is 256 g/mol. The van der Waals surface area contributed by atoms with Gasteiger partial charge in [-0.25, -0.2) is 0 Å². The third kappa shape index (κ3) is 5.13. The molecular formula is C19H28N2. The number of nitrogens with zero attached hydrogens (tertiary/aromatic N) is 2. The molecule has 2 rings (SSSR count). The summed E-state index contributed by atoms with van der Waals surface area (Å²) in [6, 6.07) is 0. The fourth-order valence-corrected chi connectivity index (χ4v) is 2.97. The average Bonchev–Trinajstić information content (AvgIpc) is 2.50. The molecule has 1 heterocycles. The van der Waals surface area contributed by atoms with Crippen molar-refractivity contribution in [3.8, 4) is 0 Å². The van der Waals surface area contributed by atoms with Gasteiger partial charge in [-0.1, -0.05) is 42.9 Å². The highest BCUT2D eigenvalue weighted by Crippen LogP contribution is 2.18. The van der Waals surface area contributed by atoms with Crippen molar-refractivity contribution in [1.29, 1.82) is 0 Å². The van der Waals surface area contributed by atoms with E-state index in [2.05, 4.69) is 53.8 Å². The predicted octanol–water partition coefficient (Wildman–Crippen LogP) is 4.18. The highest BCUT2D eigenvalue weighted by molar-refractivity contribution is 5.98. The molecule has 1 aliphatic carbocycles. The van der Waals surface area contributed by atoms with Crippen LogP contribution in [-0.2, 0) is 0 Å². The SMILES string of the molecule is C=C(/C=C\C(=NC)C1C=CC(C)=CC1)CN1CCCCC1. The molecule has 0 saturated carbocycles. The summed E-state index contributed by atoms with van der Waals surface area (Å²) in [4.78, 5) is 6.96. The Kier molecular flexibility index (Phi) is 6.19. The first-order valence-electron chi connectivity index (χ1n) is 8.09. The van der Waals surface area contributed by atoms with E-state index in [1.807, 2.05) is 7.05 Å². The smallest absolute Gasteiger partial charge is 0.0416 e. The Morgan fingerprint density at radius 2 is 2.10 bits per heavy atom. The minimum Gasteiger partial charge on any atom is -0.299 e.